The fourth-order valence-corrected chi connectivity index (χ4v) is 10.2. The molecular weight excluding hydrogens is 608 g/mol. The Morgan fingerprint density at radius 3 is 2.40 bits per heavy atom. The number of carbonyl (C=O) groups is 5. The molecule has 0 amide bonds. The van der Waals surface area contributed by atoms with Crippen LogP contribution in [0.25, 0.3) is 0 Å². The third kappa shape index (κ3) is 4.10. The van der Waals surface area contributed by atoms with Crippen molar-refractivity contribution in [1.29, 1.82) is 0 Å². The van der Waals surface area contributed by atoms with E-state index >= 15 is 4.79 Å². The molecule has 1 saturated heterocycles. The largest absolute Gasteiger partial charge is 0.472 e. The van der Waals surface area contributed by atoms with E-state index in [0.29, 0.717) is 30.4 Å². The lowest BCUT2D eigenvalue weighted by molar-refractivity contribution is -0.280. The highest BCUT2D eigenvalue weighted by atomic mass is 16.6. The van der Waals surface area contributed by atoms with Gasteiger partial charge in [-0.3, -0.25) is 24.0 Å². The molecule has 0 unspecified atom stereocenters. The lowest BCUT2D eigenvalue weighted by Crippen LogP contribution is -2.79. The van der Waals surface area contributed by atoms with E-state index in [1.54, 1.807) is 33.8 Å². The summed E-state index contributed by atoms with van der Waals surface area (Å²) in [7, 11) is 1.29. The summed E-state index contributed by atoms with van der Waals surface area (Å²) in [6.07, 6.45) is 1.90. The lowest BCUT2D eigenvalue weighted by Gasteiger charge is -2.66. The summed E-state index contributed by atoms with van der Waals surface area (Å²) in [6.45, 7) is 12.5. The Morgan fingerprint density at radius 1 is 1.11 bits per heavy atom. The summed E-state index contributed by atoms with van der Waals surface area (Å²) in [5.41, 5.74) is -6.06. The first-order valence-electron chi connectivity index (χ1n) is 16.7. The van der Waals surface area contributed by atoms with E-state index in [-0.39, 0.29) is 24.8 Å². The zero-order valence-corrected chi connectivity index (χ0v) is 28.5. The van der Waals surface area contributed by atoms with Crippen LogP contribution < -0.4 is 0 Å². The first-order chi connectivity index (χ1) is 22.0. The van der Waals surface area contributed by atoms with Gasteiger partial charge < -0.3 is 28.5 Å². The Labute approximate surface area is 274 Å². The molecule has 47 heavy (non-hydrogen) atoms. The summed E-state index contributed by atoms with van der Waals surface area (Å²) in [5, 5.41) is 13.2. The highest BCUT2D eigenvalue weighted by Gasteiger charge is 2.92. The number of methoxy groups -OCH3 is 1. The van der Waals surface area contributed by atoms with Crippen LogP contribution in [0, 0.1) is 39.9 Å². The van der Waals surface area contributed by atoms with Crippen LogP contribution in [0.4, 0.5) is 0 Å². The van der Waals surface area contributed by atoms with Crippen molar-refractivity contribution >= 4 is 29.7 Å². The molecule has 6 rings (SSSR count). The van der Waals surface area contributed by atoms with Crippen molar-refractivity contribution in [2.24, 2.45) is 39.9 Å². The monoisotopic (exact) mass is 654 g/mol. The molecule has 3 saturated carbocycles. The molecule has 10 atom stereocenters. The molecule has 1 aromatic rings. The highest BCUT2D eigenvalue weighted by Crippen LogP contribution is 2.81. The van der Waals surface area contributed by atoms with Crippen LogP contribution in [0.5, 0.6) is 0 Å². The van der Waals surface area contributed by atoms with E-state index in [4.69, 9.17) is 23.4 Å². The summed E-state index contributed by atoms with van der Waals surface area (Å²) < 4.78 is 29.0. The lowest BCUT2D eigenvalue weighted by atomic mass is 9.41. The minimum atomic E-state index is -2.50. The minimum absolute atomic E-state index is 0.00527. The van der Waals surface area contributed by atoms with Crippen molar-refractivity contribution in [1.82, 2.24) is 0 Å². The third-order valence-corrected chi connectivity index (χ3v) is 12.8. The zero-order valence-electron chi connectivity index (χ0n) is 28.5. The van der Waals surface area contributed by atoms with Crippen molar-refractivity contribution < 1.29 is 52.4 Å². The van der Waals surface area contributed by atoms with Crippen molar-refractivity contribution in [2.75, 3.05) is 7.11 Å². The molecule has 11 heteroatoms. The maximum absolute atomic E-state index is 15.3. The first kappa shape index (κ1) is 33.4. The Balaban J connectivity index is 1.65. The van der Waals surface area contributed by atoms with E-state index in [2.05, 4.69) is 0 Å². The number of aliphatic hydroxyl groups is 1. The van der Waals surface area contributed by atoms with E-state index in [9.17, 15) is 24.3 Å². The molecule has 0 aromatic carbocycles. The van der Waals surface area contributed by atoms with E-state index in [1.807, 2.05) is 20.8 Å². The van der Waals surface area contributed by atoms with Gasteiger partial charge in [0.1, 0.15) is 12.2 Å². The SMILES string of the molecule is CC[C@H](C)C(=O)O[C@]12C[C@@]3(C)[C@H](CC(=O)OC)[C@@]1(C)[C@H]1CC[C@]4(C)C(=C1C(=O)[C@@]2(O)[C@H]3OC(=O)C(C)C)CC(=O)O[C@H]4c1ccoc1. The van der Waals surface area contributed by atoms with Crippen LogP contribution in [-0.4, -0.2) is 59.2 Å². The molecule has 11 nitrogen and oxygen atoms in total. The van der Waals surface area contributed by atoms with Gasteiger partial charge in [0, 0.05) is 40.2 Å². The Kier molecular flexibility index (Phi) is 7.66. The van der Waals surface area contributed by atoms with Crippen LogP contribution >= 0.6 is 0 Å². The average molecular weight is 655 g/mol. The van der Waals surface area contributed by atoms with Crippen LogP contribution in [-0.2, 0) is 42.9 Å². The first-order valence-corrected chi connectivity index (χ1v) is 16.7. The van der Waals surface area contributed by atoms with Gasteiger partial charge in [0.05, 0.1) is 37.9 Å². The zero-order chi connectivity index (χ0) is 34.5. The standard InChI is InChI=1S/C36H46O11/c1-9-19(4)30(41)47-35-17-33(6)23(15-24(37)43-8)34(35,7)21-10-12-32(5)22(14-25(38)45-28(32)20-11-13-44-16-20)26(21)27(39)36(35,42)31(33)46-29(40)18(2)3/h11,13,16,18-19,21,23,28,31,42H,9-10,12,14-15,17H2,1-8H3/t19-,21-,23-,28-,31-,32+,33-,34+,35+,36+/m0/s1. The van der Waals surface area contributed by atoms with Crippen molar-refractivity contribution in [3.8, 4) is 0 Å². The number of hydrogen-bond donors (Lipinski definition) is 1. The van der Waals surface area contributed by atoms with Crippen LogP contribution in [0.3, 0.4) is 0 Å². The quantitative estimate of drug-likeness (QED) is 0.304. The Hall–Kier alpha value is -3.47. The van der Waals surface area contributed by atoms with Gasteiger partial charge in [-0.05, 0) is 42.7 Å². The fourth-order valence-electron chi connectivity index (χ4n) is 10.2. The summed E-state index contributed by atoms with van der Waals surface area (Å²) in [5.74, 6) is -5.36. The fraction of sp³-hybridized carbons (Fsp3) is 0.694. The van der Waals surface area contributed by atoms with Crippen molar-refractivity contribution in [3.63, 3.8) is 0 Å². The smallest absolute Gasteiger partial charge is 0.310 e. The van der Waals surface area contributed by atoms with Crippen molar-refractivity contribution in [3.05, 3.63) is 35.3 Å². The number of hydrogen-bond acceptors (Lipinski definition) is 11. The summed E-state index contributed by atoms with van der Waals surface area (Å²) in [4.78, 5) is 68.9. The molecule has 1 aliphatic heterocycles. The number of ether oxygens (including phenoxy) is 4. The van der Waals surface area contributed by atoms with Gasteiger partial charge in [-0.15, -0.1) is 0 Å². The predicted octanol–water partition coefficient (Wildman–Crippen LogP) is 4.80. The summed E-state index contributed by atoms with van der Waals surface area (Å²) >= 11 is 0. The molecule has 1 aromatic heterocycles. The molecule has 5 aliphatic rings. The number of esters is 4. The molecule has 0 radical (unpaired) electrons. The second kappa shape index (κ2) is 10.8. The topological polar surface area (TPSA) is 156 Å². The van der Waals surface area contributed by atoms with Gasteiger partial charge in [-0.25, -0.2) is 0 Å². The maximum Gasteiger partial charge on any atom is 0.310 e. The molecular formula is C36H46O11. The Morgan fingerprint density at radius 2 is 1.81 bits per heavy atom. The number of carbonyl (C=O) groups excluding carboxylic acids is 5. The number of fused-ring (bicyclic) bond motifs is 4. The molecule has 0 spiro atoms. The number of rotatable bonds is 8. The van der Waals surface area contributed by atoms with Gasteiger partial charge in [0.2, 0.25) is 5.60 Å². The molecule has 2 heterocycles. The molecule has 1 N–H and O–H groups in total. The van der Waals surface area contributed by atoms with Gasteiger partial charge in [0.15, 0.2) is 11.4 Å². The summed E-state index contributed by atoms with van der Waals surface area (Å²) in [6, 6.07) is 1.72. The highest BCUT2D eigenvalue weighted by molar-refractivity contribution is 6.08. The molecule has 256 valence electrons. The third-order valence-electron chi connectivity index (χ3n) is 12.8. The van der Waals surface area contributed by atoms with Gasteiger partial charge >= 0.3 is 23.9 Å². The predicted molar refractivity (Wildman–Crippen MR) is 164 cm³/mol. The number of furan rings is 1. The second-order valence-corrected chi connectivity index (χ2v) is 15.4. The average Bonchev–Trinajstić information content (AvgIpc) is 3.68. The maximum atomic E-state index is 15.3. The second-order valence-electron chi connectivity index (χ2n) is 15.4. The van der Waals surface area contributed by atoms with E-state index in [0.717, 1.165) is 0 Å². The van der Waals surface area contributed by atoms with Crippen LogP contribution in [0.15, 0.2) is 34.2 Å². The molecule has 2 bridgehead atoms. The van der Waals surface area contributed by atoms with E-state index in [1.165, 1.54) is 19.6 Å². The van der Waals surface area contributed by atoms with Crippen molar-refractivity contribution in [2.45, 2.75) is 110 Å². The van der Waals surface area contributed by atoms with Gasteiger partial charge in [-0.1, -0.05) is 48.5 Å². The van der Waals surface area contributed by atoms with Gasteiger partial charge in [0.25, 0.3) is 0 Å². The number of Topliss-reactive ketones (excluding diaryl/α,β-unsaturated/α-hetero) is 1. The van der Waals surface area contributed by atoms with Crippen LogP contribution in [0.1, 0.15) is 98.7 Å². The molecule has 4 aliphatic carbocycles. The Bertz CT molecular complexity index is 1560. The number of ketones is 1. The number of cyclic esters (lactones) is 1. The molecule has 4 fully saturated rings. The van der Waals surface area contributed by atoms with Gasteiger partial charge in [-0.2, -0.15) is 0 Å². The minimum Gasteiger partial charge on any atom is -0.472 e. The normalized spacial score (nSPS) is 40.8. The van der Waals surface area contributed by atoms with Crippen LogP contribution in [0.2, 0.25) is 0 Å². The van der Waals surface area contributed by atoms with E-state index < -0.39 is 93.0 Å².